The number of hydrogen-bond acceptors (Lipinski definition) is 5. The fraction of sp³-hybridized carbons (Fsp3) is 0.357. The Balaban J connectivity index is 2.20. The van der Waals surface area contributed by atoms with Gasteiger partial charge in [-0.05, 0) is 28.4 Å². The van der Waals surface area contributed by atoms with Crippen LogP contribution in [0, 0.1) is 0 Å². The van der Waals surface area contributed by atoms with E-state index in [4.69, 9.17) is 19.7 Å². The monoisotopic (exact) mass is 338 g/mol. The van der Waals surface area contributed by atoms with Crippen molar-refractivity contribution < 1.29 is 14.0 Å². The van der Waals surface area contributed by atoms with Gasteiger partial charge in [-0.3, -0.25) is 0 Å². The molecule has 0 fully saturated rings. The summed E-state index contributed by atoms with van der Waals surface area (Å²) in [6, 6.07) is 3.69. The molecular formula is C14H15BrN2O3. The van der Waals surface area contributed by atoms with Crippen molar-refractivity contribution in [1.82, 2.24) is 5.16 Å². The molecule has 0 bridgehead atoms. The summed E-state index contributed by atoms with van der Waals surface area (Å²) in [6.07, 6.45) is 1.68. The Hall–Kier alpha value is -1.69. The van der Waals surface area contributed by atoms with Gasteiger partial charge in [0.2, 0.25) is 5.88 Å². The zero-order valence-corrected chi connectivity index (χ0v) is 12.7. The molecule has 1 aromatic carbocycles. The second-order valence-corrected chi connectivity index (χ2v) is 5.42. The van der Waals surface area contributed by atoms with Crippen LogP contribution in [0.4, 0.5) is 5.88 Å². The predicted molar refractivity (Wildman–Crippen MR) is 79.0 cm³/mol. The predicted octanol–water partition coefficient (Wildman–Crippen LogP) is 3.41. The first-order valence-electron chi connectivity index (χ1n) is 6.54. The van der Waals surface area contributed by atoms with Crippen LogP contribution in [0.15, 0.2) is 21.1 Å². The van der Waals surface area contributed by atoms with Gasteiger partial charge in [-0.25, -0.2) is 0 Å². The largest absolute Gasteiger partial charge is 0.489 e. The molecular weight excluding hydrogens is 324 g/mol. The maximum Gasteiger partial charge on any atom is 0.222 e. The van der Waals surface area contributed by atoms with Crippen LogP contribution in [0.3, 0.4) is 0 Å². The molecule has 0 saturated carbocycles. The van der Waals surface area contributed by atoms with Crippen molar-refractivity contribution in [3.05, 3.63) is 22.2 Å². The number of nitrogens with two attached hydrogens (primary N) is 1. The maximum absolute atomic E-state index is 5.88. The van der Waals surface area contributed by atoms with Crippen molar-refractivity contribution in [1.29, 1.82) is 0 Å². The van der Waals surface area contributed by atoms with Gasteiger partial charge in [-0.2, -0.15) is 0 Å². The minimum Gasteiger partial charge on any atom is -0.489 e. The van der Waals surface area contributed by atoms with Crippen LogP contribution >= 0.6 is 15.9 Å². The third-order valence-electron chi connectivity index (χ3n) is 3.23. The number of hydrogen-bond donors (Lipinski definition) is 1. The summed E-state index contributed by atoms with van der Waals surface area (Å²) in [5.41, 5.74) is 8.32. The first-order valence-corrected chi connectivity index (χ1v) is 7.33. The summed E-state index contributed by atoms with van der Waals surface area (Å²) in [5, 5.41) is 3.99. The summed E-state index contributed by atoms with van der Waals surface area (Å²) >= 11 is 3.54. The minimum absolute atomic E-state index is 0.297. The highest BCUT2D eigenvalue weighted by molar-refractivity contribution is 9.10. The number of benzene rings is 1. The van der Waals surface area contributed by atoms with Gasteiger partial charge >= 0.3 is 0 Å². The van der Waals surface area contributed by atoms with Crippen molar-refractivity contribution in [3.8, 4) is 22.8 Å². The molecule has 1 aromatic heterocycles. The van der Waals surface area contributed by atoms with E-state index in [1.807, 2.05) is 6.07 Å². The number of nitrogen functional groups attached to an aromatic ring is 1. The van der Waals surface area contributed by atoms with Crippen LogP contribution in [0.1, 0.15) is 18.9 Å². The summed E-state index contributed by atoms with van der Waals surface area (Å²) in [5.74, 6) is 1.85. The van der Waals surface area contributed by atoms with E-state index in [1.54, 1.807) is 6.07 Å². The molecule has 5 nitrogen and oxygen atoms in total. The second-order valence-electron chi connectivity index (χ2n) is 4.56. The van der Waals surface area contributed by atoms with Gasteiger partial charge in [0.15, 0.2) is 11.5 Å². The highest BCUT2D eigenvalue weighted by atomic mass is 79.9. The zero-order chi connectivity index (χ0) is 14.1. The van der Waals surface area contributed by atoms with Gasteiger partial charge in [-0.1, -0.05) is 12.1 Å². The molecule has 6 heteroatoms. The molecule has 2 N–H and O–H groups in total. The molecule has 3 rings (SSSR count). The molecule has 0 aliphatic carbocycles. The van der Waals surface area contributed by atoms with E-state index in [2.05, 4.69) is 28.0 Å². The van der Waals surface area contributed by atoms with Crippen LogP contribution in [0.2, 0.25) is 0 Å². The van der Waals surface area contributed by atoms with Crippen LogP contribution in [-0.4, -0.2) is 18.4 Å². The lowest BCUT2D eigenvalue weighted by molar-refractivity contribution is 0.295. The first-order chi connectivity index (χ1) is 9.70. The Morgan fingerprint density at radius 3 is 2.65 bits per heavy atom. The lowest BCUT2D eigenvalue weighted by atomic mass is 10.0. The molecule has 2 heterocycles. The van der Waals surface area contributed by atoms with E-state index in [1.165, 1.54) is 0 Å². The zero-order valence-electron chi connectivity index (χ0n) is 11.1. The number of fused-ring (bicyclic) bond motifs is 1. The van der Waals surface area contributed by atoms with Gasteiger partial charge in [0, 0.05) is 23.6 Å². The summed E-state index contributed by atoms with van der Waals surface area (Å²) < 4.78 is 17.5. The Morgan fingerprint density at radius 2 is 2.00 bits per heavy atom. The standard InChI is InChI=1S/C14H15BrN2O3/c1-2-8-9(11-7-12(16)20-17-11)6-10(15)14-13(8)18-4-3-5-19-14/h6-7H,2-5,16H2,1H3. The number of anilines is 1. The smallest absolute Gasteiger partial charge is 0.222 e. The molecule has 20 heavy (non-hydrogen) atoms. The molecule has 0 atom stereocenters. The highest BCUT2D eigenvalue weighted by Crippen LogP contribution is 2.45. The van der Waals surface area contributed by atoms with Crippen molar-refractivity contribution in [2.45, 2.75) is 19.8 Å². The molecule has 0 saturated heterocycles. The van der Waals surface area contributed by atoms with Crippen LogP contribution in [-0.2, 0) is 6.42 Å². The van der Waals surface area contributed by atoms with E-state index in [0.717, 1.165) is 39.9 Å². The molecule has 0 radical (unpaired) electrons. The van der Waals surface area contributed by atoms with E-state index >= 15 is 0 Å². The number of aromatic nitrogens is 1. The second kappa shape index (κ2) is 5.36. The topological polar surface area (TPSA) is 70.5 Å². The Bertz CT molecular complexity index is 640. The lowest BCUT2D eigenvalue weighted by Gasteiger charge is -2.16. The third-order valence-corrected chi connectivity index (χ3v) is 3.82. The summed E-state index contributed by atoms with van der Waals surface area (Å²) in [7, 11) is 0. The van der Waals surface area contributed by atoms with Crippen molar-refractivity contribution in [3.63, 3.8) is 0 Å². The average Bonchev–Trinajstić information content (AvgIpc) is 2.72. The molecule has 106 valence electrons. The Kier molecular flexibility index (Phi) is 3.56. The molecule has 1 aliphatic rings. The Morgan fingerprint density at radius 1 is 1.25 bits per heavy atom. The fourth-order valence-electron chi connectivity index (χ4n) is 2.34. The Labute approximate surface area is 125 Å². The lowest BCUT2D eigenvalue weighted by Crippen LogP contribution is -2.00. The molecule has 0 amide bonds. The normalized spacial score (nSPS) is 14.1. The van der Waals surface area contributed by atoms with Gasteiger partial charge in [0.05, 0.1) is 17.7 Å². The number of ether oxygens (including phenoxy) is 2. The minimum atomic E-state index is 0.297. The quantitative estimate of drug-likeness (QED) is 0.908. The van der Waals surface area contributed by atoms with Crippen molar-refractivity contribution >= 4 is 21.8 Å². The molecule has 0 unspecified atom stereocenters. The van der Waals surface area contributed by atoms with Crippen LogP contribution < -0.4 is 15.2 Å². The summed E-state index contributed by atoms with van der Waals surface area (Å²) in [4.78, 5) is 0. The number of halogens is 1. The van der Waals surface area contributed by atoms with Gasteiger partial charge in [0.25, 0.3) is 0 Å². The maximum atomic E-state index is 5.88. The van der Waals surface area contributed by atoms with E-state index in [9.17, 15) is 0 Å². The molecule has 0 spiro atoms. The van der Waals surface area contributed by atoms with Crippen LogP contribution in [0.25, 0.3) is 11.3 Å². The number of nitrogens with zero attached hydrogens (tertiary/aromatic N) is 1. The highest BCUT2D eigenvalue weighted by Gasteiger charge is 2.22. The first kappa shape index (κ1) is 13.3. The molecule has 1 aliphatic heterocycles. The van der Waals surface area contributed by atoms with Crippen molar-refractivity contribution in [2.24, 2.45) is 0 Å². The third kappa shape index (κ3) is 2.24. The van der Waals surface area contributed by atoms with E-state index in [-0.39, 0.29) is 0 Å². The molecule has 2 aromatic rings. The van der Waals surface area contributed by atoms with Gasteiger partial charge in [0.1, 0.15) is 5.69 Å². The average molecular weight is 339 g/mol. The van der Waals surface area contributed by atoms with Crippen LogP contribution in [0.5, 0.6) is 11.5 Å². The SMILES string of the molecule is CCc1c(-c2cc(N)on2)cc(Br)c2c1OCCCO2. The van der Waals surface area contributed by atoms with E-state index < -0.39 is 0 Å². The fourth-order valence-corrected chi connectivity index (χ4v) is 2.86. The van der Waals surface area contributed by atoms with Gasteiger partial charge in [-0.15, -0.1) is 0 Å². The van der Waals surface area contributed by atoms with Gasteiger partial charge < -0.3 is 19.7 Å². The van der Waals surface area contributed by atoms with E-state index in [0.29, 0.717) is 24.8 Å². The number of rotatable bonds is 2. The summed E-state index contributed by atoms with van der Waals surface area (Å²) in [6.45, 7) is 3.38. The van der Waals surface area contributed by atoms with Crippen molar-refractivity contribution in [2.75, 3.05) is 18.9 Å².